The van der Waals surface area contributed by atoms with E-state index < -0.39 is 0 Å². The Hall–Kier alpha value is -1.92. The molecule has 1 aromatic carbocycles. The zero-order chi connectivity index (χ0) is 14.8. The zero-order valence-electron chi connectivity index (χ0n) is 11.5. The van der Waals surface area contributed by atoms with Gasteiger partial charge in [-0.15, -0.1) is 0 Å². The summed E-state index contributed by atoms with van der Waals surface area (Å²) in [6.07, 6.45) is 0. The fraction of sp³-hybridized carbons (Fsp3) is 0.357. The number of amides is 1. The van der Waals surface area contributed by atoms with E-state index in [4.69, 9.17) is 20.9 Å². The van der Waals surface area contributed by atoms with Gasteiger partial charge in [0, 0.05) is 13.5 Å². The van der Waals surface area contributed by atoms with Gasteiger partial charge >= 0.3 is 0 Å². The van der Waals surface area contributed by atoms with Crippen LogP contribution in [0.1, 0.15) is 28.1 Å². The highest BCUT2D eigenvalue weighted by Crippen LogP contribution is 2.26. The Balaban J connectivity index is 1.91. The molecule has 1 fully saturated rings. The normalized spacial score (nSPS) is 18.8. The predicted octanol–water partition coefficient (Wildman–Crippen LogP) is 2.25. The average Bonchev–Trinajstić information content (AvgIpc) is 2.93. The van der Waals surface area contributed by atoms with Gasteiger partial charge < -0.3 is 14.2 Å². The standard InChI is InChI=1S/C14H14ClN3O3/c1-9-16-13(17-21-9)12-8-20-7-6-18(12)14(19)10-4-2-3-5-11(10)15/h2-5,12H,6-8H2,1H3/t12-/m1/s1. The molecule has 21 heavy (non-hydrogen) atoms. The largest absolute Gasteiger partial charge is 0.377 e. The van der Waals surface area contributed by atoms with Crippen LogP contribution < -0.4 is 0 Å². The van der Waals surface area contributed by atoms with Crippen LogP contribution in [0.15, 0.2) is 28.8 Å². The number of ether oxygens (including phenoxy) is 1. The van der Waals surface area contributed by atoms with Crippen LogP contribution in [0.25, 0.3) is 0 Å². The molecule has 0 bridgehead atoms. The quantitative estimate of drug-likeness (QED) is 0.851. The number of morpholine rings is 1. The van der Waals surface area contributed by atoms with Crippen molar-refractivity contribution in [2.45, 2.75) is 13.0 Å². The minimum absolute atomic E-state index is 0.156. The molecule has 0 N–H and O–H groups in total. The Kier molecular flexibility index (Phi) is 3.90. The smallest absolute Gasteiger partial charge is 0.256 e. The molecule has 2 aromatic rings. The second-order valence-corrected chi connectivity index (χ2v) is 5.15. The summed E-state index contributed by atoms with van der Waals surface area (Å²) < 4.78 is 10.4. The lowest BCUT2D eigenvalue weighted by molar-refractivity contribution is -0.00576. The fourth-order valence-corrected chi connectivity index (χ4v) is 2.52. The third-order valence-electron chi connectivity index (χ3n) is 3.33. The SMILES string of the molecule is Cc1nc([C@H]2COCCN2C(=O)c2ccccc2Cl)no1. The summed E-state index contributed by atoms with van der Waals surface area (Å²) in [5, 5.41) is 4.32. The summed E-state index contributed by atoms with van der Waals surface area (Å²) in [5.41, 5.74) is 0.464. The molecule has 0 spiro atoms. The van der Waals surface area contributed by atoms with E-state index in [-0.39, 0.29) is 11.9 Å². The van der Waals surface area contributed by atoms with E-state index in [0.717, 1.165) is 0 Å². The predicted molar refractivity (Wildman–Crippen MR) is 75.1 cm³/mol. The van der Waals surface area contributed by atoms with Crippen molar-refractivity contribution in [1.29, 1.82) is 0 Å². The van der Waals surface area contributed by atoms with Crippen LogP contribution in [-0.2, 0) is 4.74 Å². The number of benzene rings is 1. The average molecular weight is 308 g/mol. The van der Waals surface area contributed by atoms with Crippen molar-refractivity contribution in [2.75, 3.05) is 19.8 Å². The van der Waals surface area contributed by atoms with Crippen LogP contribution in [0, 0.1) is 6.92 Å². The molecule has 7 heteroatoms. The maximum atomic E-state index is 12.7. The summed E-state index contributed by atoms with van der Waals surface area (Å²) in [7, 11) is 0. The van der Waals surface area contributed by atoms with Crippen LogP contribution in [-0.4, -0.2) is 40.7 Å². The molecule has 1 atom stereocenters. The first-order valence-corrected chi connectivity index (χ1v) is 6.98. The molecule has 1 amide bonds. The molecule has 2 heterocycles. The summed E-state index contributed by atoms with van der Waals surface area (Å²) in [4.78, 5) is 18.6. The van der Waals surface area contributed by atoms with Gasteiger partial charge in [-0.05, 0) is 12.1 Å². The number of nitrogens with zero attached hydrogens (tertiary/aromatic N) is 3. The van der Waals surface area contributed by atoms with E-state index >= 15 is 0 Å². The molecule has 110 valence electrons. The minimum atomic E-state index is -0.361. The first kappa shape index (κ1) is 14.0. The van der Waals surface area contributed by atoms with E-state index in [2.05, 4.69) is 10.1 Å². The Labute approximate surface area is 126 Å². The lowest BCUT2D eigenvalue weighted by Gasteiger charge is -2.33. The van der Waals surface area contributed by atoms with Gasteiger partial charge in [0.15, 0.2) is 5.82 Å². The van der Waals surface area contributed by atoms with Gasteiger partial charge in [-0.25, -0.2) is 0 Å². The Morgan fingerprint density at radius 1 is 1.43 bits per heavy atom. The second kappa shape index (κ2) is 5.83. The number of carbonyl (C=O) groups is 1. The summed E-state index contributed by atoms with van der Waals surface area (Å²) in [6, 6.07) is 6.62. The highest BCUT2D eigenvalue weighted by molar-refractivity contribution is 6.33. The van der Waals surface area contributed by atoms with Gasteiger partial charge in [0.1, 0.15) is 6.04 Å². The van der Waals surface area contributed by atoms with Gasteiger partial charge in [-0.3, -0.25) is 4.79 Å². The second-order valence-electron chi connectivity index (χ2n) is 4.74. The molecule has 0 saturated carbocycles. The van der Waals surface area contributed by atoms with Crippen LogP contribution in [0.4, 0.5) is 0 Å². The molecular weight excluding hydrogens is 294 g/mol. The zero-order valence-corrected chi connectivity index (χ0v) is 12.2. The highest BCUT2D eigenvalue weighted by atomic mass is 35.5. The first-order chi connectivity index (χ1) is 10.2. The highest BCUT2D eigenvalue weighted by Gasteiger charge is 2.33. The van der Waals surface area contributed by atoms with Crippen molar-refractivity contribution < 1.29 is 14.1 Å². The summed E-state index contributed by atoms with van der Waals surface area (Å²) in [5.74, 6) is 0.754. The van der Waals surface area contributed by atoms with Crippen molar-refractivity contribution in [2.24, 2.45) is 0 Å². The molecule has 1 saturated heterocycles. The van der Waals surface area contributed by atoms with Crippen molar-refractivity contribution in [3.8, 4) is 0 Å². The van der Waals surface area contributed by atoms with E-state index in [9.17, 15) is 4.79 Å². The lowest BCUT2D eigenvalue weighted by atomic mass is 10.1. The number of halogens is 1. The van der Waals surface area contributed by atoms with E-state index in [0.29, 0.717) is 42.1 Å². The third-order valence-corrected chi connectivity index (χ3v) is 3.66. The molecule has 6 nitrogen and oxygen atoms in total. The molecule has 0 unspecified atom stereocenters. The number of aryl methyl sites for hydroxylation is 1. The molecule has 1 aromatic heterocycles. The molecular formula is C14H14ClN3O3. The number of carbonyl (C=O) groups excluding carboxylic acids is 1. The van der Waals surface area contributed by atoms with E-state index in [1.54, 1.807) is 36.1 Å². The van der Waals surface area contributed by atoms with Crippen LogP contribution >= 0.6 is 11.6 Å². The Morgan fingerprint density at radius 2 is 2.24 bits per heavy atom. The van der Waals surface area contributed by atoms with Crippen molar-refractivity contribution in [1.82, 2.24) is 15.0 Å². The Morgan fingerprint density at radius 3 is 2.95 bits per heavy atom. The summed E-state index contributed by atoms with van der Waals surface area (Å²) >= 11 is 6.11. The molecule has 1 aliphatic rings. The topological polar surface area (TPSA) is 68.5 Å². The fourth-order valence-electron chi connectivity index (χ4n) is 2.30. The van der Waals surface area contributed by atoms with Gasteiger partial charge in [0.05, 0.1) is 23.8 Å². The Bertz CT molecular complexity index is 658. The van der Waals surface area contributed by atoms with Crippen molar-refractivity contribution in [3.05, 3.63) is 46.6 Å². The first-order valence-electron chi connectivity index (χ1n) is 6.60. The summed E-state index contributed by atoms with van der Waals surface area (Å²) in [6.45, 7) is 2.99. The molecule has 1 aliphatic heterocycles. The van der Waals surface area contributed by atoms with Gasteiger partial charge in [-0.2, -0.15) is 4.98 Å². The van der Waals surface area contributed by atoms with Crippen LogP contribution in [0.3, 0.4) is 0 Å². The van der Waals surface area contributed by atoms with E-state index in [1.165, 1.54) is 0 Å². The number of aromatic nitrogens is 2. The van der Waals surface area contributed by atoms with Gasteiger partial charge in [-0.1, -0.05) is 28.9 Å². The molecule has 0 aliphatic carbocycles. The maximum absolute atomic E-state index is 12.7. The number of hydrogen-bond acceptors (Lipinski definition) is 5. The third kappa shape index (κ3) is 2.77. The van der Waals surface area contributed by atoms with Gasteiger partial charge in [0.2, 0.25) is 5.89 Å². The molecule has 0 radical (unpaired) electrons. The van der Waals surface area contributed by atoms with Gasteiger partial charge in [0.25, 0.3) is 5.91 Å². The number of rotatable bonds is 2. The molecule has 3 rings (SSSR count). The monoisotopic (exact) mass is 307 g/mol. The maximum Gasteiger partial charge on any atom is 0.256 e. The van der Waals surface area contributed by atoms with Crippen LogP contribution in [0.5, 0.6) is 0 Å². The minimum Gasteiger partial charge on any atom is -0.377 e. The number of hydrogen-bond donors (Lipinski definition) is 0. The van der Waals surface area contributed by atoms with Crippen LogP contribution in [0.2, 0.25) is 5.02 Å². The van der Waals surface area contributed by atoms with Crippen molar-refractivity contribution >= 4 is 17.5 Å². The van der Waals surface area contributed by atoms with Crippen molar-refractivity contribution in [3.63, 3.8) is 0 Å². The lowest BCUT2D eigenvalue weighted by Crippen LogP contribution is -2.44. The van der Waals surface area contributed by atoms with E-state index in [1.807, 2.05) is 0 Å².